The fraction of sp³-hybridized carbons (Fsp3) is 0.278. The van der Waals surface area contributed by atoms with E-state index in [1.54, 1.807) is 24.9 Å². The summed E-state index contributed by atoms with van der Waals surface area (Å²) in [5, 5.41) is 7.92. The Hall–Kier alpha value is -2.67. The summed E-state index contributed by atoms with van der Waals surface area (Å²) in [4.78, 5) is 18.1. The molecule has 0 spiro atoms. The van der Waals surface area contributed by atoms with Crippen LogP contribution >= 0.6 is 11.3 Å². The standard InChI is InChI=1S/C18H20N4O2S/c1-5-14-11(2)25-18(19-14)20-17(23)16-10-15(21-22(16)3)12-6-8-13(24-4)9-7-12/h6-10H,5H2,1-4H3,(H,19,20,23). The molecule has 0 unspecified atom stereocenters. The third kappa shape index (κ3) is 3.56. The van der Waals surface area contributed by atoms with Gasteiger partial charge in [-0.3, -0.25) is 14.8 Å². The minimum atomic E-state index is -0.217. The number of amides is 1. The topological polar surface area (TPSA) is 69.0 Å². The third-order valence-electron chi connectivity index (χ3n) is 3.95. The van der Waals surface area contributed by atoms with Gasteiger partial charge in [0.05, 0.1) is 18.5 Å². The Labute approximate surface area is 150 Å². The van der Waals surface area contributed by atoms with Crippen LogP contribution in [0, 0.1) is 6.92 Å². The molecule has 0 aliphatic heterocycles. The predicted molar refractivity (Wildman–Crippen MR) is 99.4 cm³/mol. The van der Waals surface area contributed by atoms with Crippen LogP contribution < -0.4 is 10.1 Å². The maximum Gasteiger partial charge on any atom is 0.275 e. The molecule has 0 saturated carbocycles. The van der Waals surface area contributed by atoms with Crippen molar-refractivity contribution in [1.82, 2.24) is 14.8 Å². The van der Waals surface area contributed by atoms with Crippen molar-refractivity contribution in [1.29, 1.82) is 0 Å². The highest BCUT2D eigenvalue weighted by Crippen LogP contribution is 2.25. The van der Waals surface area contributed by atoms with Crippen molar-refractivity contribution in [3.8, 4) is 17.0 Å². The molecule has 0 atom stereocenters. The van der Waals surface area contributed by atoms with Crippen LogP contribution in [0.5, 0.6) is 5.75 Å². The molecule has 0 bridgehead atoms. The Morgan fingerprint density at radius 2 is 2.04 bits per heavy atom. The number of carbonyl (C=O) groups is 1. The number of aromatic nitrogens is 3. The molecule has 1 aromatic carbocycles. The summed E-state index contributed by atoms with van der Waals surface area (Å²) in [7, 11) is 3.38. The molecule has 0 radical (unpaired) electrons. The van der Waals surface area contributed by atoms with Gasteiger partial charge in [-0.1, -0.05) is 6.92 Å². The highest BCUT2D eigenvalue weighted by Gasteiger charge is 2.16. The molecule has 6 nitrogen and oxygen atoms in total. The van der Waals surface area contributed by atoms with Crippen LogP contribution in [0.25, 0.3) is 11.3 Å². The van der Waals surface area contributed by atoms with Crippen LogP contribution in [-0.4, -0.2) is 27.8 Å². The van der Waals surface area contributed by atoms with E-state index >= 15 is 0 Å². The molecule has 7 heteroatoms. The molecule has 0 aliphatic carbocycles. The number of benzene rings is 1. The monoisotopic (exact) mass is 356 g/mol. The van der Waals surface area contributed by atoms with E-state index in [4.69, 9.17) is 4.74 Å². The van der Waals surface area contributed by atoms with Gasteiger partial charge in [0.2, 0.25) is 0 Å². The van der Waals surface area contributed by atoms with Crippen LogP contribution in [0.3, 0.4) is 0 Å². The van der Waals surface area contributed by atoms with Gasteiger partial charge in [-0.15, -0.1) is 11.3 Å². The summed E-state index contributed by atoms with van der Waals surface area (Å²) in [5.41, 5.74) is 3.16. The average Bonchev–Trinajstić information content (AvgIpc) is 3.17. The number of anilines is 1. The smallest absolute Gasteiger partial charge is 0.275 e. The second kappa shape index (κ2) is 7.06. The van der Waals surface area contributed by atoms with E-state index < -0.39 is 0 Å². The van der Waals surface area contributed by atoms with Crippen LogP contribution in [-0.2, 0) is 13.5 Å². The van der Waals surface area contributed by atoms with Crippen molar-refractivity contribution in [2.75, 3.05) is 12.4 Å². The molecule has 3 aromatic rings. The zero-order chi connectivity index (χ0) is 18.0. The van der Waals surface area contributed by atoms with E-state index in [1.807, 2.05) is 31.2 Å². The van der Waals surface area contributed by atoms with Gasteiger partial charge >= 0.3 is 0 Å². The van der Waals surface area contributed by atoms with Crippen molar-refractivity contribution in [2.24, 2.45) is 7.05 Å². The molecule has 1 N–H and O–H groups in total. The van der Waals surface area contributed by atoms with Gasteiger partial charge in [0.15, 0.2) is 5.13 Å². The van der Waals surface area contributed by atoms with Crippen molar-refractivity contribution in [3.63, 3.8) is 0 Å². The van der Waals surface area contributed by atoms with Gasteiger partial charge in [0.1, 0.15) is 11.4 Å². The lowest BCUT2D eigenvalue weighted by Crippen LogP contribution is -2.15. The number of aryl methyl sites for hydroxylation is 3. The van der Waals surface area contributed by atoms with E-state index in [1.165, 1.54) is 11.3 Å². The number of methoxy groups -OCH3 is 1. The van der Waals surface area contributed by atoms with Crippen molar-refractivity contribution in [3.05, 3.63) is 46.6 Å². The molecular weight excluding hydrogens is 336 g/mol. The van der Waals surface area contributed by atoms with E-state index in [2.05, 4.69) is 22.3 Å². The molecule has 0 saturated heterocycles. The molecule has 130 valence electrons. The van der Waals surface area contributed by atoms with Crippen molar-refractivity contribution < 1.29 is 9.53 Å². The third-order valence-corrected chi connectivity index (χ3v) is 4.87. The van der Waals surface area contributed by atoms with Gasteiger partial charge < -0.3 is 4.74 Å². The molecule has 2 heterocycles. The second-order valence-electron chi connectivity index (χ2n) is 5.60. The summed E-state index contributed by atoms with van der Waals surface area (Å²) in [6, 6.07) is 9.35. The summed E-state index contributed by atoms with van der Waals surface area (Å²) < 4.78 is 6.74. The lowest BCUT2D eigenvalue weighted by Gasteiger charge is -2.01. The van der Waals surface area contributed by atoms with Gasteiger partial charge in [-0.05, 0) is 43.7 Å². The normalized spacial score (nSPS) is 10.7. The fourth-order valence-corrected chi connectivity index (χ4v) is 3.45. The summed E-state index contributed by atoms with van der Waals surface area (Å²) in [5.74, 6) is 0.565. The molecule has 1 amide bonds. The van der Waals surface area contributed by atoms with E-state index in [9.17, 15) is 4.79 Å². The summed E-state index contributed by atoms with van der Waals surface area (Å²) in [6.45, 7) is 4.06. The van der Waals surface area contributed by atoms with Gasteiger partial charge in [0.25, 0.3) is 5.91 Å². The average molecular weight is 356 g/mol. The maximum atomic E-state index is 12.6. The first-order valence-corrected chi connectivity index (χ1v) is 8.79. The van der Waals surface area contributed by atoms with Gasteiger partial charge in [0, 0.05) is 17.5 Å². The number of rotatable bonds is 5. The highest BCUT2D eigenvalue weighted by atomic mass is 32.1. The number of hydrogen-bond donors (Lipinski definition) is 1. The SMILES string of the molecule is CCc1nc(NC(=O)c2cc(-c3ccc(OC)cc3)nn2C)sc1C. The first kappa shape index (κ1) is 17.2. The Kier molecular flexibility index (Phi) is 4.85. The Morgan fingerprint density at radius 3 is 2.64 bits per heavy atom. The summed E-state index contributed by atoms with van der Waals surface area (Å²) >= 11 is 1.49. The summed E-state index contributed by atoms with van der Waals surface area (Å²) in [6.07, 6.45) is 0.853. The molecule has 2 aromatic heterocycles. The minimum Gasteiger partial charge on any atom is -0.497 e. The van der Waals surface area contributed by atoms with Crippen molar-refractivity contribution in [2.45, 2.75) is 20.3 Å². The van der Waals surface area contributed by atoms with Crippen LogP contribution in [0.4, 0.5) is 5.13 Å². The lowest BCUT2D eigenvalue weighted by atomic mass is 10.1. The zero-order valence-corrected chi connectivity index (χ0v) is 15.5. The highest BCUT2D eigenvalue weighted by molar-refractivity contribution is 7.15. The first-order chi connectivity index (χ1) is 12.0. The van der Waals surface area contributed by atoms with E-state index in [-0.39, 0.29) is 5.91 Å². The Bertz CT molecular complexity index is 896. The first-order valence-electron chi connectivity index (χ1n) is 7.98. The number of hydrogen-bond acceptors (Lipinski definition) is 5. The number of carbonyl (C=O) groups excluding carboxylic acids is 1. The number of nitrogens with zero attached hydrogens (tertiary/aromatic N) is 3. The van der Waals surface area contributed by atoms with Crippen LogP contribution in [0.1, 0.15) is 28.0 Å². The fourth-order valence-electron chi connectivity index (χ4n) is 2.55. The minimum absolute atomic E-state index is 0.217. The number of nitrogens with one attached hydrogen (secondary N) is 1. The lowest BCUT2D eigenvalue weighted by molar-refractivity contribution is 0.101. The predicted octanol–water partition coefficient (Wildman–Crippen LogP) is 3.68. The molecule has 0 aliphatic rings. The van der Waals surface area contributed by atoms with Crippen molar-refractivity contribution >= 4 is 22.4 Å². The van der Waals surface area contributed by atoms with E-state index in [0.717, 1.165) is 34.0 Å². The van der Waals surface area contributed by atoms with Crippen LogP contribution in [0.2, 0.25) is 0 Å². The maximum absolute atomic E-state index is 12.6. The molecule has 25 heavy (non-hydrogen) atoms. The number of ether oxygens (including phenoxy) is 1. The quantitative estimate of drug-likeness (QED) is 0.757. The molecule has 0 fully saturated rings. The van der Waals surface area contributed by atoms with Gasteiger partial charge in [-0.25, -0.2) is 4.98 Å². The Morgan fingerprint density at radius 1 is 1.32 bits per heavy atom. The van der Waals surface area contributed by atoms with E-state index in [0.29, 0.717) is 10.8 Å². The molecule has 3 rings (SSSR count). The zero-order valence-electron chi connectivity index (χ0n) is 14.7. The Balaban J connectivity index is 1.82. The van der Waals surface area contributed by atoms with Crippen LogP contribution in [0.15, 0.2) is 30.3 Å². The van der Waals surface area contributed by atoms with Gasteiger partial charge in [-0.2, -0.15) is 5.10 Å². The second-order valence-corrected chi connectivity index (χ2v) is 6.80. The number of thiazole rings is 1. The largest absolute Gasteiger partial charge is 0.497 e. The molecular formula is C18H20N4O2S.